The average Bonchev–Trinajstić information content (AvgIpc) is 2.79. The molecule has 0 radical (unpaired) electrons. The molecule has 2 aliphatic rings. The van der Waals surface area contributed by atoms with Gasteiger partial charge in [-0.2, -0.15) is 0 Å². The van der Waals surface area contributed by atoms with Gasteiger partial charge in [-0.1, -0.05) is 0 Å². The Bertz CT molecular complexity index is 200. The van der Waals surface area contributed by atoms with E-state index in [2.05, 4.69) is 4.74 Å². The summed E-state index contributed by atoms with van der Waals surface area (Å²) in [6.45, 7) is 0. The molecule has 2 aliphatic carbocycles. The highest BCUT2D eigenvalue weighted by Gasteiger charge is 2.63. The average molecular weight is 155 g/mol. The van der Waals surface area contributed by atoms with Crippen LogP contribution in [0.4, 0.5) is 0 Å². The number of nitrogens with two attached hydrogens (primary N) is 1. The lowest BCUT2D eigenvalue weighted by atomic mass is 10.1. The zero-order chi connectivity index (χ0) is 8.06. The van der Waals surface area contributed by atoms with Crippen LogP contribution in [-0.2, 0) is 9.53 Å². The van der Waals surface area contributed by atoms with Gasteiger partial charge in [-0.05, 0) is 31.1 Å². The van der Waals surface area contributed by atoms with Crippen LogP contribution in [0, 0.1) is 11.8 Å². The first kappa shape index (κ1) is 7.10. The molecule has 62 valence electrons. The second kappa shape index (κ2) is 1.97. The van der Waals surface area contributed by atoms with Gasteiger partial charge in [-0.15, -0.1) is 0 Å². The van der Waals surface area contributed by atoms with Gasteiger partial charge >= 0.3 is 5.97 Å². The Kier molecular flexibility index (Phi) is 1.27. The molecule has 0 bridgehead atoms. The fraction of sp³-hybridized carbons (Fsp3) is 0.875. The van der Waals surface area contributed by atoms with Crippen molar-refractivity contribution in [2.24, 2.45) is 17.6 Å². The Hall–Kier alpha value is -0.570. The van der Waals surface area contributed by atoms with Gasteiger partial charge in [-0.25, -0.2) is 0 Å². The lowest BCUT2D eigenvalue weighted by Gasteiger charge is -2.06. The van der Waals surface area contributed by atoms with E-state index in [4.69, 9.17) is 5.73 Å². The molecule has 0 heterocycles. The Morgan fingerprint density at radius 1 is 1.64 bits per heavy atom. The van der Waals surface area contributed by atoms with E-state index in [9.17, 15) is 4.79 Å². The van der Waals surface area contributed by atoms with Crippen molar-refractivity contribution in [3.8, 4) is 0 Å². The molecule has 3 nitrogen and oxygen atoms in total. The Balaban J connectivity index is 1.98. The van der Waals surface area contributed by atoms with Crippen molar-refractivity contribution in [2.75, 3.05) is 7.11 Å². The van der Waals surface area contributed by atoms with Crippen LogP contribution in [0.3, 0.4) is 0 Å². The molecule has 0 aromatic heterocycles. The molecule has 0 aromatic carbocycles. The standard InChI is InChI=1S/C8H13NO2/c1-11-7(10)8(9)4-6(8)5-2-3-5/h5-6H,2-4,9H2,1H3. The molecule has 2 atom stereocenters. The zero-order valence-corrected chi connectivity index (χ0v) is 6.67. The van der Waals surface area contributed by atoms with Crippen molar-refractivity contribution in [1.82, 2.24) is 0 Å². The Morgan fingerprint density at radius 3 is 2.73 bits per heavy atom. The molecular formula is C8H13NO2. The van der Waals surface area contributed by atoms with Crippen molar-refractivity contribution in [3.05, 3.63) is 0 Å². The molecule has 0 aromatic rings. The molecule has 2 fully saturated rings. The molecule has 0 aliphatic heterocycles. The summed E-state index contributed by atoms with van der Waals surface area (Å²) in [5.41, 5.74) is 5.21. The summed E-state index contributed by atoms with van der Waals surface area (Å²) in [4.78, 5) is 11.1. The van der Waals surface area contributed by atoms with E-state index >= 15 is 0 Å². The van der Waals surface area contributed by atoms with Crippen LogP contribution in [0.15, 0.2) is 0 Å². The van der Waals surface area contributed by atoms with Gasteiger partial charge in [-0.3, -0.25) is 4.79 Å². The molecule has 11 heavy (non-hydrogen) atoms. The molecule has 2 rings (SSSR count). The number of carbonyl (C=O) groups is 1. The third-order valence-electron chi connectivity index (χ3n) is 2.82. The predicted octanol–water partition coefficient (Wildman–Crippen LogP) is 0.287. The summed E-state index contributed by atoms with van der Waals surface area (Å²) in [6.07, 6.45) is 3.34. The van der Waals surface area contributed by atoms with Crippen LogP contribution in [0.2, 0.25) is 0 Å². The maximum absolute atomic E-state index is 11.1. The smallest absolute Gasteiger partial charge is 0.326 e. The first-order valence-electron chi connectivity index (χ1n) is 4.06. The minimum absolute atomic E-state index is 0.227. The summed E-state index contributed by atoms with van der Waals surface area (Å²) in [7, 11) is 1.40. The minimum Gasteiger partial charge on any atom is -0.468 e. The number of ether oxygens (including phenoxy) is 1. The number of rotatable bonds is 2. The lowest BCUT2D eigenvalue weighted by molar-refractivity contribution is -0.143. The van der Waals surface area contributed by atoms with E-state index < -0.39 is 5.54 Å². The van der Waals surface area contributed by atoms with Crippen molar-refractivity contribution < 1.29 is 9.53 Å². The fourth-order valence-electron chi connectivity index (χ4n) is 1.82. The zero-order valence-electron chi connectivity index (χ0n) is 6.67. The lowest BCUT2D eigenvalue weighted by Crippen LogP contribution is -2.36. The molecule has 2 N–H and O–H groups in total. The summed E-state index contributed by atoms with van der Waals surface area (Å²) >= 11 is 0. The van der Waals surface area contributed by atoms with Crippen LogP contribution < -0.4 is 5.73 Å². The van der Waals surface area contributed by atoms with Crippen LogP contribution >= 0.6 is 0 Å². The van der Waals surface area contributed by atoms with Gasteiger partial charge in [0, 0.05) is 0 Å². The van der Waals surface area contributed by atoms with E-state index in [1.54, 1.807) is 0 Å². The summed E-state index contributed by atoms with van der Waals surface area (Å²) in [5.74, 6) is 0.920. The highest BCUT2D eigenvalue weighted by atomic mass is 16.5. The Labute approximate surface area is 65.9 Å². The maximum atomic E-state index is 11.1. The highest BCUT2D eigenvalue weighted by molar-refractivity contribution is 5.84. The predicted molar refractivity (Wildman–Crippen MR) is 39.8 cm³/mol. The number of hydrogen-bond acceptors (Lipinski definition) is 3. The van der Waals surface area contributed by atoms with Crippen molar-refractivity contribution in [2.45, 2.75) is 24.8 Å². The quantitative estimate of drug-likeness (QED) is 0.583. The second-order valence-corrected chi connectivity index (χ2v) is 3.68. The van der Waals surface area contributed by atoms with Gasteiger partial charge < -0.3 is 10.5 Å². The molecule has 2 unspecified atom stereocenters. The number of methoxy groups -OCH3 is 1. The summed E-state index contributed by atoms with van der Waals surface area (Å²) in [6, 6.07) is 0. The molecular weight excluding hydrogens is 142 g/mol. The topological polar surface area (TPSA) is 52.3 Å². The third kappa shape index (κ3) is 0.948. The number of carbonyl (C=O) groups excluding carboxylic acids is 1. The van der Waals surface area contributed by atoms with Gasteiger partial charge in [0.1, 0.15) is 5.54 Å². The van der Waals surface area contributed by atoms with E-state index in [0.717, 1.165) is 12.3 Å². The first-order valence-corrected chi connectivity index (χ1v) is 4.06. The van der Waals surface area contributed by atoms with E-state index in [0.29, 0.717) is 5.92 Å². The molecule has 0 spiro atoms. The van der Waals surface area contributed by atoms with Crippen LogP contribution in [0.25, 0.3) is 0 Å². The molecule has 3 heteroatoms. The van der Waals surface area contributed by atoms with Gasteiger partial charge in [0.25, 0.3) is 0 Å². The Morgan fingerprint density at radius 2 is 2.27 bits per heavy atom. The van der Waals surface area contributed by atoms with Gasteiger partial charge in [0.2, 0.25) is 0 Å². The molecule has 2 saturated carbocycles. The van der Waals surface area contributed by atoms with Crippen molar-refractivity contribution in [1.29, 1.82) is 0 Å². The first-order chi connectivity index (χ1) is 5.18. The summed E-state index contributed by atoms with van der Waals surface area (Å²) in [5, 5.41) is 0. The van der Waals surface area contributed by atoms with Crippen molar-refractivity contribution >= 4 is 5.97 Å². The number of esters is 1. The van der Waals surface area contributed by atoms with Gasteiger partial charge in [0.05, 0.1) is 7.11 Å². The number of hydrogen-bond donors (Lipinski definition) is 1. The third-order valence-corrected chi connectivity index (χ3v) is 2.82. The van der Waals surface area contributed by atoms with Crippen molar-refractivity contribution in [3.63, 3.8) is 0 Å². The van der Waals surface area contributed by atoms with Crippen LogP contribution in [0.5, 0.6) is 0 Å². The van der Waals surface area contributed by atoms with E-state index in [-0.39, 0.29) is 5.97 Å². The van der Waals surface area contributed by atoms with Gasteiger partial charge in [0.15, 0.2) is 0 Å². The normalized spacial score (nSPS) is 41.8. The molecule has 0 amide bonds. The van der Waals surface area contributed by atoms with E-state index in [1.807, 2.05) is 0 Å². The summed E-state index contributed by atoms with van der Waals surface area (Å²) < 4.78 is 4.62. The van der Waals surface area contributed by atoms with Crippen LogP contribution in [0.1, 0.15) is 19.3 Å². The molecule has 0 saturated heterocycles. The van der Waals surface area contributed by atoms with Crippen LogP contribution in [-0.4, -0.2) is 18.6 Å². The monoisotopic (exact) mass is 155 g/mol. The maximum Gasteiger partial charge on any atom is 0.326 e. The second-order valence-electron chi connectivity index (χ2n) is 3.68. The van der Waals surface area contributed by atoms with E-state index in [1.165, 1.54) is 20.0 Å². The minimum atomic E-state index is -0.601. The fourth-order valence-corrected chi connectivity index (χ4v) is 1.82. The highest BCUT2D eigenvalue weighted by Crippen LogP contribution is 2.55. The SMILES string of the molecule is COC(=O)C1(N)CC1C1CC1. The largest absolute Gasteiger partial charge is 0.468 e.